The Bertz CT molecular complexity index is 279. The predicted octanol–water partition coefficient (Wildman–Crippen LogP) is 4.26. The van der Waals surface area contributed by atoms with Crippen molar-refractivity contribution in [1.29, 1.82) is 0 Å². The molecule has 84 valence electrons. The normalized spacial score (nSPS) is 12.9. The highest BCUT2D eigenvalue weighted by Gasteiger charge is 2.09. The number of thioether (sulfide) groups is 1. The fourth-order valence-corrected chi connectivity index (χ4v) is 2.05. The van der Waals surface area contributed by atoms with Gasteiger partial charge in [-0.1, -0.05) is 20.8 Å². The van der Waals surface area contributed by atoms with Gasteiger partial charge in [-0.3, -0.25) is 0 Å². The molecule has 0 fully saturated rings. The predicted molar refractivity (Wildman–Crippen MR) is 70.8 cm³/mol. The second kappa shape index (κ2) is 6.06. The molecule has 0 unspecified atom stereocenters. The molecule has 1 atom stereocenters. The van der Waals surface area contributed by atoms with Gasteiger partial charge in [0.2, 0.25) is 0 Å². The summed E-state index contributed by atoms with van der Waals surface area (Å²) >= 11 is 1.78. The second-order valence-electron chi connectivity index (χ2n) is 4.13. The molecule has 0 radical (unpaired) electrons. The Morgan fingerprint density at radius 2 is 1.80 bits per heavy atom. The Morgan fingerprint density at radius 1 is 1.20 bits per heavy atom. The second-order valence-corrected chi connectivity index (χ2v) is 5.01. The first-order chi connectivity index (χ1) is 7.17. The van der Waals surface area contributed by atoms with E-state index in [1.54, 1.807) is 11.8 Å². The minimum absolute atomic E-state index is 0.574. The number of rotatable bonds is 5. The third-order valence-corrected chi connectivity index (χ3v) is 3.43. The minimum Gasteiger partial charge on any atom is -0.382 e. The van der Waals surface area contributed by atoms with Gasteiger partial charge in [-0.2, -0.15) is 0 Å². The summed E-state index contributed by atoms with van der Waals surface area (Å²) in [4.78, 5) is 1.32. The van der Waals surface area contributed by atoms with Gasteiger partial charge in [-0.05, 0) is 42.9 Å². The number of nitrogens with one attached hydrogen (secondary N) is 1. The SMILES string of the molecule is CC[C@H](Nc1ccc(SC)cc1)C(C)C. The topological polar surface area (TPSA) is 12.0 Å². The molecule has 2 heteroatoms. The average molecular weight is 223 g/mol. The van der Waals surface area contributed by atoms with Gasteiger partial charge in [0.25, 0.3) is 0 Å². The maximum Gasteiger partial charge on any atom is 0.0343 e. The standard InChI is InChI=1S/C13H21NS/c1-5-13(10(2)3)14-11-6-8-12(15-4)9-7-11/h6-10,13-14H,5H2,1-4H3/t13-/m0/s1. The lowest BCUT2D eigenvalue weighted by atomic mass is 10.0. The first-order valence-electron chi connectivity index (χ1n) is 5.58. The molecule has 1 aromatic carbocycles. The van der Waals surface area contributed by atoms with Gasteiger partial charge in [0.15, 0.2) is 0 Å². The van der Waals surface area contributed by atoms with E-state index >= 15 is 0 Å². The summed E-state index contributed by atoms with van der Waals surface area (Å²) in [6.45, 7) is 6.75. The van der Waals surface area contributed by atoms with Crippen molar-refractivity contribution in [3.63, 3.8) is 0 Å². The maximum absolute atomic E-state index is 3.57. The van der Waals surface area contributed by atoms with Crippen LogP contribution in [0.3, 0.4) is 0 Å². The van der Waals surface area contributed by atoms with Crippen molar-refractivity contribution in [3.05, 3.63) is 24.3 Å². The zero-order valence-corrected chi connectivity index (χ0v) is 10.9. The van der Waals surface area contributed by atoms with Crippen LogP contribution in [0.15, 0.2) is 29.2 Å². The summed E-state index contributed by atoms with van der Waals surface area (Å²) in [5.41, 5.74) is 1.23. The lowest BCUT2D eigenvalue weighted by Gasteiger charge is -2.22. The van der Waals surface area contributed by atoms with E-state index < -0.39 is 0 Å². The van der Waals surface area contributed by atoms with E-state index in [9.17, 15) is 0 Å². The highest BCUT2D eigenvalue weighted by molar-refractivity contribution is 7.98. The van der Waals surface area contributed by atoms with Crippen LogP contribution in [0.4, 0.5) is 5.69 Å². The summed E-state index contributed by atoms with van der Waals surface area (Å²) in [7, 11) is 0. The van der Waals surface area contributed by atoms with Gasteiger partial charge in [0, 0.05) is 16.6 Å². The fraction of sp³-hybridized carbons (Fsp3) is 0.538. The lowest BCUT2D eigenvalue weighted by Crippen LogP contribution is -2.24. The highest BCUT2D eigenvalue weighted by Crippen LogP contribution is 2.19. The molecule has 0 aliphatic heterocycles. The molecular formula is C13H21NS. The van der Waals surface area contributed by atoms with E-state index in [0.717, 1.165) is 0 Å². The van der Waals surface area contributed by atoms with E-state index in [4.69, 9.17) is 0 Å². The Balaban J connectivity index is 2.63. The van der Waals surface area contributed by atoms with E-state index in [-0.39, 0.29) is 0 Å². The van der Waals surface area contributed by atoms with Crippen LogP contribution in [0, 0.1) is 5.92 Å². The Labute approximate surface area is 97.7 Å². The van der Waals surface area contributed by atoms with E-state index in [2.05, 4.69) is 56.6 Å². The molecule has 1 aromatic rings. The molecule has 0 aliphatic carbocycles. The summed E-state index contributed by atoms with van der Waals surface area (Å²) in [6, 6.07) is 9.23. The van der Waals surface area contributed by atoms with Crippen molar-refractivity contribution in [2.45, 2.75) is 38.1 Å². The van der Waals surface area contributed by atoms with Crippen LogP contribution in [0.1, 0.15) is 27.2 Å². The molecule has 0 aliphatic rings. The van der Waals surface area contributed by atoms with Gasteiger partial charge in [-0.25, -0.2) is 0 Å². The quantitative estimate of drug-likeness (QED) is 0.749. The van der Waals surface area contributed by atoms with Crippen LogP contribution in [0.25, 0.3) is 0 Å². The molecule has 0 saturated carbocycles. The molecular weight excluding hydrogens is 202 g/mol. The van der Waals surface area contributed by atoms with Crippen LogP contribution in [-0.2, 0) is 0 Å². The number of hydrogen-bond acceptors (Lipinski definition) is 2. The largest absolute Gasteiger partial charge is 0.382 e. The zero-order valence-electron chi connectivity index (χ0n) is 10.1. The van der Waals surface area contributed by atoms with Crippen molar-refractivity contribution in [2.75, 3.05) is 11.6 Å². The van der Waals surface area contributed by atoms with Gasteiger partial charge in [0.1, 0.15) is 0 Å². The smallest absolute Gasteiger partial charge is 0.0343 e. The summed E-state index contributed by atoms with van der Waals surface area (Å²) in [5, 5.41) is 3.57. The number of benzene rings is 1. The third kappa shape index (κ3) is 3.78. The van der Waals surface area contributed by atoms with Crippen LogP contribution in [0.2, 0.25) is 0 Å². The van der Waals surface area contributed by atoms with E-state index in [1.165, 1.54) is 17.0 Å². The first kappa shape index (κ1) is 12.4. The van der Waals surface area contributed by atoms with Crippen LogP contribution in [0.5, 0.6) is 0 Å². The van der Waals surface area contributed by atoms with Crippen molar-refractivity contribution in [1.82, 2.24) is 0 Å². The number of anilines is 1. The molecule has 0 bridgehead atoms. The number of hydrogen-bond donors (Lipinski definition) is 1. The van der Waals surface area contributed by atoms with Crippen molar-refractivity contribution in [3.8, 4) is 0 Å². The Hall–Kier alpha value is -0.630. The van der Waals surface area contributed by atoms with Gasteiger partial charge < -0.3 is 5.32 Å². The van der Waals surface area contributed by atoms with Gasteiger partial charge in [-0.15, -0.1) is 11.8 Å². The summed E-state index contributed by atoms with van der Waals surface area (Å²) in [5.74, 6) is 0.676. The van der Waals surface area contributed by atoms with E-state index in [0.29, 0.717) is 12.0 Å². The molecule has 1 rings (SSSR count). The third-order valence-electron chi connectivity index (χ3n) is 2.69. The molecule has 0 aromatic heterocycles. The summed E-state index contributed by atoms with van der Waals surface area (Å²) in [6.07, 6.45) is 3.27. The molecule has 15 heavy (non-hydrogen) atoms. The summed E-state index contributed by atoms with van der Waals surface area (Å²) < 4.78 is 0. The van der Waals surface area contributed by atoms with Crippen LogP contribution >= 0.6 is 11.8 Å². The highest BCUT2D eigenvalue weighted by atomic mass is 32.2. The van der Waals surface area contributed by atoms with Crippen molar-refractivity contribution in [2.24, 2.45) is 5.92 Å². The molecule has 1 N–H and O–H groups in total. The monoisotopic (exact) mass is 223 g/mol. The maximum atomic E-state index is 3.57. The molecule has 0 heterocycles. The zero-order chi connectivity index (χ0) is 11.3. The van der Waals surface area contributed by atoms with Gasteiger partial charge in [0.05, 0.1) is 0 Å². The first-order valence-corrected chi connectivity index (χ1v) is 6.80. The Kier molecular flexibility index (Phi) is 5.03. The van der Waals surface area contributed by atoms with Crippen LogP contribution in [-0.4, -0.2) is 12.3 Å². The molecule has 1 nitrogen and oxygen atoms in total. The molecule has 0 spiro atoms. The molecule has 0 amide bonds. The van der Waals surface area contributed by atoms with Gasteiger partial charge >= 0.3 is 0 Å². The lowest BCUT2D eigenvalue weighted by molar-refractivity contribution is 0.511. The van der Waals surface area contributed by atoms with Crippen LogP contribution < -0.4 is 5.32 Å². The van der Waals surface area contributed by atoms with Crippen molar-refractivity contribution < 1.29 is 0 Å². The Morgan fingerprint density at radius 3 is 2.20 bits per heavy atom. The molecule has 0 saturated heterocycles. The van der Waals surface area contributed by atoms with E-state index in [1.807, 2.05) is 0 Å². The minimum atomic E-state index is 0.574. The fourth-order valence-electron chi connectivity index (χ4n) is 1.64. The van der Waals surface area contributed by atoms with Crippen molar-refractivity contribution >= 4 is 17.4 Å². The average Bonchev–Trinajstić information content (AvgIpc) is 2.26.